The summed E-state index contributed by atoms with van der Waals surface area (Å²) in [5.41, 5.74) is 5.20. The number of nitrogens with one attached hydrogen (secondary N) is 1. The highest BCUT2D eigenvalue weighted by Crippen LogP contribution is 2.25. The summed E-state index contributed by atoms with van der Waals surface area (Å²) in [5, 5.41) is 3.59. The summed E-state index contributed by atoms with van der Waals surface area (Å²) in [7, 11) is 0. The van der Waals surface area contributed by atoms with Crippen LogP contribution in [0.25, 0.3) is 0 Å². The number of aryl methyl sites for hydroxylation is 2. The van der Waals surface area contributed by atoms with E-state index >= 15 is 0 Å². The Morgan fingerprint density at radius 1 is 1.05 bits per heavy atom. The molecule has 100 valence electrons. The third kappa shape index (κ3) is 3.54. The highest BCUT2D eigenvalue weighted by atomic mass is 32.2. The Bertz CT molecular complexity index is 563. The average molecular weight is 271 g/mol. The number of rotatable bonds is 4. The second-order valence-corrected chi connectivity index (χ2v) is 5.84. The first kappa shape index (κ1) is 14.0. The topological polar surface area (TPSA) is 12.0 Å². The van der Waals surface area contributed by atoms with Gasteiger partial charge in [-0.15, -0.1) is 11.8 Å². The molecule has 0 spiro atoms. The summed E-state index contributed by atoms with van der Waals surface area (Å²) < 4.78 is 0. The number of hydrogen-bond donors (Lipinski definition) is 1. The zero-order chi connectivity index (χ0) is 13.8. The van der Waals surface area contributed by atoms with Crippen molar-refractivity contribution in [3.63, 3.8) is 0 Å². The number of hydrogen-bond acceptors (Lipinski definition) is 2. The van der Waals surface area contributed by atoms with Crippen molar-refractivity contribution < 1.29 is 0 Å². The minimum absolute atomic E-state index is 0.317. The van der Waals surface area contributed by atoms with Crippen LogP contribution in [0.2, 0.25) is 0 Å². The van der Waals surface area contributed by atoms with E-state index in [0.29, 0.717) is 6.04 Å². The fourth-order valence-corrected chi connectivity index (χ4v) is 2.73. The lowest BCUT2D eigenvalue weighted by atomic mass is 10.00. The van der Waals surface area contributed by atoms with Crippen LogP contribution in [0.3, 0.4) is 0 Å². The smallest absolute Gasteiger partial charge is 0.0488 e. The third-order valence-electron chi connectivity index (χ3n) is 3.35. The molecule has 0 aromatic heterocycles. The van der Waals surface area contributed by atoms with Gasteiger partial charge in [-0.1, -0.05) is 29.8 Å². The predicted octanol–water partition coefficient (Wildman–Crippen LogP) is 5.20. The van der Waals surface area contributed by atoms with Crippen molar-refractivity contribution in [2.45, 2.75) is 31.7 Å². The van der Waals surface area contributed by atoms with Gasteiger partial charge in [-0.3, -0.25) is 0 Å². The zero-order valence-corrected chi connectivity index (χ0v) is 12.8. The quantitative estimate of drug-likeness (QED) is 0.767. The summed E-state index contributed by atoms with van der Waals surface area (Å²) in [4.78, 5) is 1.29. The van der Waals surface area contributed by atoms with Gasteiger partial charge in [-0.2, -0.15) is 0 Å². The van der Waals surface area contributed by atoms with E-state index in [4.69, 9.17) is 0 Å². The largest absolute Gasteiger partial charge is 0.378 e. The highest BCUT2D eigenvalue weighted by Gasteiger charge is 2.08. The van der Waals surface area contributed by atoms with Crippen LogP contribution in [0.15, 0.2) is 47.4 Å². The Morgan fingerprint density at radius 3 is 2.58 bits per heavy atom. The van der Waals surface area contributed by atoms with Gasteiger partial charge in [0.2, 0.25) is 0 Å². The van der Waals surface area contributed by atoms with E-state index in [0.717, 1.165) is 0 Å². The second kappa shape index (κ2) is 6.16. The van der Waals surface area contributed by atoms with Crippen molar-refractivity contribution in [2.75, 3.05) is 11.6 Å². The van der Waals surface area contributed by atoms with Crippen molar-refractivity contribution in [1.29, 1.82) is 0 Å². The van der Waals surface area contributed by atoms with Crippen LogP contribution in [0.4, 0.5) is 5.69 Å². The third-order valence-corrected chi connectivity index (χ3v) is 4.08. The molecule has 2 aromatic carbocycles. The van der Waals surface area contributed by atoms with E-state index in [9.17, 15) is 0 Å². The molecule has 2 heteroatoms. The first-order valence-corrected chi connectivity index (χ1v) is 7.80. The minimum atomic E-state index is 0.317. The zero-order valence-electron chi connectivity index (χ0n) is 12.0. The lowest BCUT2D eigenvalue weighted by molar-refractivity contribution is 0.871. The van der Waals surface area contributed by atoms with Gasteiger partial charge in [0.25, 0.3) is 0 Å². The standard InChI is InChI=1S/C17H21NS/c1-12-8-9-13(2)17(10-12)14(3)18-15-6-5-7-16(11-15)19-4/h5-11,14,18H,1-4H3. The normalized spacial score (nSPS) is 12.2. The first-order chi connectivity index (χ1) is 9.10. The maximum Gasteiger partial charge on any atom is 0.0488 e. The molecular formula is C17H21NS. The Hall–Kier alpha value is -1.41. The molecule has 0 amide bonds. The van der Waals surface area contributed by atoms with Gasteiger partial charge in [0.15, 0.2) is 0 Å². The van der Waals surface area contributed by atoms with E-state index < -0.39 is 0 Å². The Balaban J connectivity index is 2.20. The Labute approximate surface area is 120 Å². The maximum atomic E-state index is 3.59. The van der Waals surface area contributed by atoms with Crippen LogP contribution >= 0.6 is 11.8 Å². The molecule has 0 fully saturated rings. The molecule has 0 saturated heterocycles. The minimum Gasteiger partial charge on any atom is -0.378 e. The molecule has 1 N–H and O–H groups in total. The van der Waals surface area contributed by atoms with Crippen LogP contribution in [-0.4, -0.2) is 6.26 Å². The number of benzene rings is 2. The predicted molar refractivity (Wildman–Crippen MR) is 86.2 cm³/mol. The van der Waals surface area contributed by atoms with Gasteiger partial charge in [0, 0.05) is 16.6 Å². The molecule has 2 aromatic rings. The van der Waals surface area contributed by atoms with Gasteiger partial charge in [0.05, 0.1) is 0 Å². The van der Waals surface area contributed by atoms with Crippen molar-refractivity contribution in [1.82, 2.24) is 0 Å². The fraction of sp³-hybridized carbons (Fsp3) is 0.294. The molecule has 0 radical (unpaired) electrons. The molecule has 0 aliphatic heterocycles. The van der Waals surface area contributed by atoms with E-state index in [-0.39, 0.29) is 0 Å². The molecular weight excluding hydrogens is 250 g/mol. The lowest BCUT2D eigenvalue weighted by Gasteiger charge is -2.19. The Morgan fingerprint density at radius 2 is 1.84 bits per heavy atom. The molecule has 0 heterocycles. The summed E-state index contributed by atoms with van der Waals surface area (Å²) >= 11 is 1.77. The van der Waals surface area contributed by atoms with Crippen molar-refractivity contribution in [2.24, 2.45) is 0 Å². The van der Waals surface area contributed by atoms with E-state index in [2.05, 4.69) is 74.8 Å². The van der Waals surface area contributed by atoms with Gasteiger partial charge in [0.1, 0.15) is 0 Å². The van der Waals surface area contributed by atoms with E-state index in [1.165, 1.54) is 27.3 Å². The molecule has 1 atom stereocenters. The van der Waals surface area contributed by atoms with Crippen LogP contribution < -0.4 is 5.32 Å². The van der Waals surface area contributed by atoms with Gasteiger partial charge in [-0.05, 0) is 56.4 Å². The van der Waals surface area contributed by atoms with Crippen LogP contribution in [0.1, 0.15) is 29.7 Å². The van der Waals surface area contributed by atoms with Gasteiger partial charge < -0.3 is 5.32 Å². The van der Waals surface area contributed by atoms with Crippen LogP contribution in [-0.2, 0) is 0 Å². The van der Waals surface area contributed by atoms with Crippen LogP contribution in [0.5, 0.6) is 0 Å². The SMILES string of the molecule is CSc1cccc(NC(C)c2cc(C)ccc2C)c1. The molecule has 0 aliphatic carbocycles. The molecule has 0 aliphatic rings. The average Bonchev–Trinajstić information content (AvgIpc) is 2.41. The monoisotopic (exact) mass is 271 g/mol. The summed E-state index contributed by atoms with van der Waals surface area (Å²) in [5.74, 6) is 0. The lowest BCUT2D eigenvalue weighted by Crippen LogP contribution is -2.08. The van der Waals surface area contributed by atoms with Crippen LogP contribution in [0, 0.1) is 13.8 Å². The van der Waals surface area contributed by atoms with E-state index in [1.54, 1.807) is 11.8 Å². The summed E-state index contributed by atoms with van der Waals surface area (Å²) in [6, 6.07) is 15.5. The molecule has 0 bridgehead atoms. The second-order valence-electron chi connectivity index (χ2n) is 4.96. The van der Waals surface area contributed by atoms with Crippen molar-refractivity contribution >= 4 is 17.4 Å². The summed E-state index contributed by atoms with van der Waals surface area (Å²) in [6.07, 6.45) is 2.10. The molecule has 19 heavy (non-hydrogen) atoms. The maximum absolute atomic E-state index is 3.59. The number of thioether (sulfide) groups is 1. The van der Waals surface area contributed by atoms with E-state index in [1.807, 2.05) is 0 Å². The molecule has 0 saturated carbocycles. The van der Waals surface area contributed by atoms with Gasteiger partial charge in [-0.25, -0.2) is 0 Å². The first-order valence-electron chi connectivity index (χ1n) is 6.58. The molecule has 1 nitrogen and oxygen atoms in total. The summed E-state index contributed by atoms with van der Waals surface area (Å²) in [6.45, 7) is 6.53. The number of anilines is 1. The molecule has 2 rings (SSSR count). The molecule has 1 unspecified atom stereocenters. The Kier molecular flexibility index (Phi) is 4.54. The fourth-order valence-electron chi connectivity index (χ4n) is 2.27. The van der Waals surface area contributed by atoms with Crippen molar-refractivity contribution in [3.8, 4) is 0 Å². The highest BCUT2D eigenvalue weighted by molar-refractivity contribution is 7.98. The van der Waals surface area contributed by atoms with Gasteiger partial charge >= 0.3 is 0 Å². The van der Waals surface area contributed by atoms with Crippen molar-refractivity contribution in [3.05, 3.63) is 59.2 Å².